The van der Waals surface area contributed by atoms with Crippen molar-refractivity contribution in [3.8, 4) is 0 Å². The van der Waals surface area contributed by atoms with E-state index < -0.39 is 0 Å². The number of nitrogens with one attached hydrogen (secondary N) is 1. The van der Waals surface area contributed by atoms with Gasteiger partial charge < -0.3 is 5.32 Å². The molecule has 2 nitrogen and oxygen atoms in total. The average molecular weight is 273 g/mol. The van der Waals surface area contributed by atoms with E-state index in [1.807, 2.05) is 48.5 Å². The Morgan fingerprint density at radius 1 is 0.857 bits per heavy atom. The van der Waals surface area contributed by atoms with Gasteiger partial charge >= 0.3 is 0 Å². The Morgan fingerprint density at radius 2 is 1.62 bits per heavy atom. The molecule has 3 aromatic rings. The lowest BCUT2D eigenvalue weighted by Crippen LogP contribution is -2.23. The number of carbonyl (C=O) groups is 1. The van der Waals surface area contributed by atoms with Crippen LogP contribution in [0.2, 0.25) is 0 Å². The number of anilines is 1. The van der Waals surface area contributed by atoms with Crippen molar-refractivity contribution in [1.29, 1.82) is 0 Å². The normalized spacial score (nSPS) is 17.3. The van der Waals surface area contributed by atoms with Gasteiger partial charge in [0.05, 0.1) is 6.04 Å². The van der Waals surface area contributed by atoms with Crippen LogP contribution >= 0.6 is 0 Å². The lowest BCUT2D eigenvalue weighted by Gasteiger charge is -2.27. The Morgan fingerprint density at radius 3 is 2.48 bits per heavy atom. The van der Waals surface area contributed by atoms with Crippen molar-refractivity contribution in [2.45, 2.75) is 12.5 Å². The minimum absolute atomic E-state index is 0.0624. The van der Waals surface area contributed by atoms with Gasteiger partial charge in [-0.25, -0.2) is 0 Å². The Labute approximate surface area is 123 Å². The molecule has 1 unspecified atom stereocenters. The van der Waals surface area contributed by atoms with Gasteiger partial charge in [-0.2, -0.15) is 0 Å². The molecule has 0 aliphatic carbocycles. The fourth-order valence-electron chi connectivity index (χ4n) is 3.10. The highest BCUT2D eigenvalue weighted by atomic mass is 16.1. The van der Waals surface area contributed by atoms with Gasteiger partial charge in [0, 0.05) is 17.7 Å². The number of carbonyl (C=O) groups excluding carboxylic acids is 1. The van der Waals surface area contributed by atoms with Crippen molar-refractivity contribution in [3.63, 3.8) is 0 Å². The first-order valence-corrected chi connectivity index (χ1v) is 7.19. The number of hydrogen-bond acceptors (Lipinski definition) is 2. The molecule has 0 saturated carbocycles. The molecule has 1 N–H and O–H groups in total. The van der Waals surface area contributed by atoms with Crippen molar-refractivity contribution < 1.29 is 4.79 Å². The number of Topliss-reactive ketones (excluding diaryl/α,β-unsaturated/α-hetero) is 1. The first kappa shape index (κ1) is 12.2. The summed E-state index contributed by atoms with van der Waals surface area (Å²) in [6, 6.07) is 22.4. The smallest absolute Gasteiger partial charge is 0.167 e. The number of hydrogen-bond donors (Lipinski definition) is 1. The van der Waals surface area contributed by atoms with Crippen LogP contribution in [-0.4, -0.2) is 5.78 Å². The molecule has 1 aliphatic heterocycles. The first-order valence-electron chi connectivity index (χ1n) is 7.19. The molecule has 2 heteroatoms. The summed E-state index contributed by atoms with van der Waals surface area (Å²) in [5.41, 5.74) is 2.93. The Bertz CT molecular complexity index is 823. The highest BCUT2D eigenvalue weighted by Crippen LogP contribution is 2.36. The summed E-state index contributed by atoms with van der Waals surface area (Å²) in [4.78, 5) is 12.6. The molecule has 0 aromatic heterocycles. The van der Waals surface area contributed by atoms with Gasteiger partial charge in [0.2, 0.25) is 0 Å². The van der Waals surface area contributed by atoms with E-state index in [1.165, 1.54) is 0 Å². The summed E-state index contributed by atoms with van der Waals surface area (Å²) >= 11 is 0. The van der Waals surface area contributed by atoms with Gasteiger partial charge in [0.1, 0.15) is 0 Å². The minimum atomic E-state index is 0.0624. The van der Waals surface area contributed by atoms with Crippen LogP contribution in [0.5, 0.6) is 0 Å². The predicted molar refractivity (Wildman–Crippen MR) is 85.7 cm³/mol. The van der Waals surface area contributed by atoms with E-state index in [-0.39, 0.29) is 11.8 Å². The molecule has 102 valence electrons. The van der Waals surface area contributed by atoms with E-state index in [0.29, 0.717) is 6.42 Å². The molecule has 21 heavy (non-hydrogen) atoms. The average Bonchev–Trinajstić information content (AvgIpc) is 2.55. The van der Waals surface area contributed by atoms with E-state index >= 15 is 0 Å². The fourth-order valence-corrected chi connectivity index (χ4v) is 3.10. The van der Waals surface area contributed by atoms with E-state index in [9.17, 15) is 4.79 Å². The lowest BCUT2D eigenvalue weighted by atomic mass is 9.89. The van der Waals surface area contributed by atoms with E-state index in [0.717, 1.165) is 27.6 Å². The monoisotopic (exact) mass is 273 g/mol. The summed E-state index contributed by atoms with van der Waals surface area (Å²) in [6.07, 6.45) is 0.505. The zero-order valence-electron chi connectivity index (χ0n) is 11.5. The molecule has 1 heterocycles. The molecule has 0 amide bonds. The summed E-state index contributed by atoms with van der Waals surface area (Å²) in [6.45, 7) is 0. The largest absolute Gasteiger partial charge is 0.377 e. The lowest BCUT2D eigenvalue weighted by molar-refractivity contribution is 0.0974. The second-order valence-corrected chi connectivity index (χ2v) is 5.44. The molecule has 1 atom stereocenters. The fraction of sp³-hybridized carbons (Fsp3) is 0.105. The van der Waals surface area contributed by atoms with Crippen LogP contribution in [0, 0.1) is 0 Å². The van der Waals surface area contributed by atoms with Gasteiger partial charge in [-0.3, -0.25) is 4.79 Å². The third-order valence-electron chi connectivity index (χ3n) is 4.13. The van der Waals surface area contributed by atoms with Crippen molar-refractivity contribution >= 4 is 22.2 Å². The van der Waals surface area contributed by atoms with Crippen LogP contribution < -0.4 is 5.32 Å². The molecule has 0 fully saturated rings. The minimum Gasteiger partial charge on any atom is -0.377 e. The van der Waals surface area contributed by atoms with E-state index in [1.54, 1.807) is 0 Å². The summed E-state index contributed by atoms with van der Waals surface area (Å²) < 4.78 is 0. The third kappa shape index (κ3) is 2.00. The Hall–Kier alpha value is -2.61. The topological polar surface area (TPSA) is 29.1 Å². The van der Waals surface area contributed by atoms with Gasteiger partial charge in [-0.1, -0.05) is 60.7 Å². The molecule has 0 spiro atoms. The first-order chi connectivity index (χ1) is 10.3. The molecule has 0 bridgehead atoms. The van der Waals surface area contributed by atoms with Crippen LogP contribution in [-0.2, 0) is 0 Å². The summed E-state index contributed by atoms with van der Waals surface area (Å²) in [7, 11) is 0. The predicted octanol–water partition coefficient (Wildman–Crippen LogP) is 4.58. The molecular formula is C19H15NO. The van der Waals surface area contributed by atoms with Gasteiger partial charge in [0.15, 0.2) is 5.78 Å². The van der Waals surface area contributed by atoms with Crippen LogP contribution in [0.15, 0.2) is 66.7 Å². The van der Waals surface area contributed by atoms with Crippen LogP contribution in [0.25, 0.3) is 10.8 Å². The maximum atomic E-state index is 12.6. The van der Waals surface area contributed by atoms with Crippen LogP contribution in [0.1, 0.15) is 28.4 Å². The van der Waals surface area contributed by atoms with Crippen molar-refractivity contribution in [3.05, 3.63) is 77.9 Å². The Balaban J connectivity index is 1.83. The molecule has 4 rings (SSSR count). The number of fused-ring (bicyclic) bond motifs is 3. The molecule has 1 aliphatic rings. The summed E-state index contributed by atoms with van der Waals surface area (Å²) in [5.74, 6) is 0.217. The van der Waals surface area contributed by atoms with Crippen molar-refractivity contribution in [2.75, 3.05) is 5.32 Å². The second-order valence-electron chi connectivity index (χ2n) is 5.44. The summed E-state index contributed by atoms with van der Waals surface area (Å²) in [5, 5.41) is 5.67. The Kier molecular flexibility index (Phi) is 2.74. The highest BCUT2D eigenvalue weighted by molar-refractivity contribution is 6.14. The van der Waals surface area contributed by atoms with Gasteiger partial charge in [0.25, 0.3) is 0 Å². The zero-order chi connectivity index (χ0) is 14.2. The molecular weight excluding hydrogens is 258 g/mol. The van der Waals surface area contributed by atoms with Crippen LogP contribution in [0.4, 0.5) is 5.69 Å². The van der Waals surface area contributed by atoms with Crippen molar-refractivity contribution in [2.24, 2.45) is 0 Å². The van der Waals surface area contributed by atoms with Gasteiger partial charge in [-0.05, 0) is 22.4 Å². The number of ketones is 1. The van der Waals surface area contributed by atoms with Crippen LogP contribution in [0.3, 0.4) is 0 Å². The zero-order valence-corrected chi connectivity index (χ0v) is 11.5. The SMILES string of the molecule is O=C1CC(c2ccccc2)Nc2ccc3ccccc3c21. The second kappa shape index (κ2) is 4.74. The van der Waals surface area contributed by atoms with Crippen molar-refractivity contribution in [1.82, 2.24) is 0 Å². The number of benzene rings is 3. The van der Waals surface area contributed by atoms with Gasteiger partial charge in [-0.15, -0.1) is 0 Å². The third-order valence-corrected chi connectivity index (χ3v) is 4.13. The number of rotatable bonds is 1. The maximum absolute atomic E-state index is 12.6. The molecule has 0 radical (unpaired) electrons. The highest BCUT2D eigenvalue weighted by Gasteiger charge is 2.26. The standard InChI is InChI=1S/C19H15NO/c21-18-12-17(14-7-2-1-3-8-14)20-16-11-10-13-6-4-5-9-15(13)19(16)18/h1-11,17,20H,12H2. The molecule has 3 aromatic carbocycles. The van der Waals surface area contributed by atoms with E-state index in [2.05, 4.69) is 23.5 Å². The maximum Gasteiger partial charge on any atom is 0.167 e. The quantitative estimate of drug-likeness (QED) is 0.703. The molecule has 0 saturated heterocycles. The van der Waals surface area contributed by atoms with E-state index in [4.69, 9.17) is 0 Å².